The lowest BCUT2D eigenvalue weighted by atomic mass is 9.87. The molecule has 2 atom stereocenters. The van der Waals surface area contributed by atoms with Crippen molar-refractivity contribution in [3.63, 3.8) is 0 Å². The number of aliphatic hydroxyl groups excluding tert-OH is 1. The van der Waals surface area contributed by atoms with Gasteiger partial charge in [0.1, 0.15) is 5.82 Å². The summed E-state index contributed by atoms with van der Waals surface area (Å²) < 4.78 is 18.1. The summed E-state index contributed by atoms with van der Waals surface area (Å²) in [5.74, 6) is 0.0810. The van der Waals surface area contributed by atoms with Gasteiger partial charge in [0.15, 0.2) is 11.5 Å². The number of nitrogens with zero attached hydrogens (tertiary/aromatic N) is 1. The van der Waals surface area contributed by atoms with Crippen LogP contribution in [-0.4, -0.2) is 28.8 Å². The van der Waals surface area contributed by atoms with E-state index in [-0.39, 0.29) is 23.5 Å². The third kappa shape index (κ3) is 3.96. The first kappa shape index (κ1) is 15.7. The average Bonchev–Trinajstić information content (AvgIpc) is 3.03. The molecule has 1 saturated carbocycles. The number of hydrogen-bond acceptors (Lipinski definition) is 4. The largest absolute Gasteiger partial charge is 0.393 e. The molecule has 2 unspecified atom stereocenters. The maximum atomic E-state index is 12.9. The highest BCUT2D eigenvalue weighted by atomic mass is 19.1. The second-order valence-corrected chi connectivity index (χ2v) is 5.98. The monoisotopic (exact) mass is 318 g/mol. The minimum atomic E-state index is -0.332. The molecule has 6 heteroatoms. The predicted molar refractivity (Wildman–Crippen MR) is 82.2 cm³/mol. The fourth-order valence-electron chi connectivity index (χ4n) is 2.91. The number of amides is 1. The third-order valence-corrected chi connectivity index (χ3v) is 4.18. The van der Waals surface area contributed by atoms with E-state index in [1.165, 1.54) is 18.2 Å². The van der Waals surface area contributed by atoms with Gasteiger partial charge in [-0.05, 0) is 49.4 Å². The summed E-state index contributed by atoms with van der Waals surface area (Å²) in [6, 6.07) is 7.33. The normalized spacial score (nSPS) is 21.1. The SMILES string of the molecule is O=C(NCC1CCCC(O)C1)c1cc(-c2ccc(F)cc2)on1. The van der Waals surface area contributed by atoms with E-state index in [1.807, 2.05) is 0 Å². The number of hydrogen-bond donors (Lipinski definition) is 2. The van der Waals surface area contributed by atoms with Crippen LogP contribution < -0.4 is 5.32 Å². The van der Waals surface area contributed by atoms with E-state index >= 15 is 0 Å². The maximum Gasteiger partial charge on any atom is 0.273 e. The van der Waals surface area contributed by atoms with Crippen LogP contribution in [0.15, 0.2) is 34.9 Å². The molecule has 1 aromatic carbocycles. The lowest BCUT2D eigenvalue weighted by molar-refractivity contribution is 0.0867. The highest BCUT2D eigenvalue weighted by Crippen LogP contribution is 2.24. The molecule has 0 radical (unpaired) electrons. The van der Waals surface area contributed by atoms with Crippen LogP contribution in [0.2, 0.25) is 0 Å². The van der Waals surface area contributed by atoms with E-state index in [0.29, 0.717) is 23.8 Å². The van der Waals surface area contributed by atoms with Crippen molar-refractivity contribution in [2.75, 3.05) is 6.54 Å². The third-order valence-electron chi connectivity index (χ3n) is 4.18. The quantitative estimate of drug-likeness (QED) is 0.909. The fourth-order valence-corrected chi connectivity index (χ4v) is 2.91. The summed E-state index contributed by atoms with van der Waals surface area (Å²) in [5.41, 5.74) is 0.856. The Kier molecular flexibility index (Phi) is 4.71. The van der Waals surface area contributed by atoms with Crippen molar-refractivity contribution in [1.29, 1.82) is 0 Å². The fraction of sp³-hybridized carbons (Fsp3) is 0.412. The van der Waals surface area contributed by atoms with Crippen LogP contribution in [0.1, 0.15) is 36.2 Å². The number of carbonyl (C=O) groups is 1. The molecule has 0 saturated heterocycles. The second kappa shape index (κ2) is 6.91. The van der Waals surface area contributed by atoms with Gasteiger partial charge in [0.25, 0.3) is 5.91 Å². The molecular weight excluding hydrogens is 299 g/mol. The summed E-state index contributed by atoms with van der Waals surface area (Å²) in [6.45, 7) is 0.522. The molecule has 0 bridgehead atoms. The van der Waals surface area contributed by atoms with Crippen molar-refractivity contribution in [2.24, 2.45) is 5.92 Å². The van der Waals surface area contributed by atoms with Gasteiger partial charge < -0.3 is 14.9 Å². The maximum absolute atomic E-state index is 12.9. The molecule has 2 aromatic rings. The van der Waals surface area contributed by atoms with E-state index in [1.54, 1.807) is 12.1 Å². The first-order chi connectivity index (χ1) is 11.1. The van der Waals surface area contributed by atoms with E-state index in [2.05, 4.69) is 10.5 Å². The average molecular weight is 318 g/mol. The molecule has 1 fully saturated rings. The lowest BCUT2D eigenvalue weighted by Crippen LogP contribution is -2.33. The molecule has 2 N–H and O–H groups in total. The summed E-state index contributed by atoms with van der Waals surface area (Å²) in [7, 11) is 0. The van der Waals surface area contributed by atoms with Crippen molar-refractivity contribution in [2.45, 2.75) is 31.8 Å². The van der Waals surface area contributed by atoms with Gasteiger partial charge in [-0.3, -0.25) is 4.79 Å². The number of rotatable bonds is 4. The summed E-state index contributed by atoms with van der Waals surface area (Å²) in [5, 5.41) is 16.2. The first-order valence-electron chi connectivity index (χ1n) is 7.81. The summed E-state index contributed by atoms with van der Waals surface area (Å²) in [4.78, 5) is 12.1. The van der Waals surface area contributed by atoms with Gasteiger partial charge in [-0.15, -0.1) is 0 Å². The molecule has 122 valence electrons. The van der Waals surface area contributed by atoms with Crippen LogP contribution in [0.4, 0.5) is 4.39 Å². The number of halogens is 1. The Morgan fingerprint density at radius 2 is 2.13 bits per heavy atom. The smallest absolute Gasteiger partial charge is 0.273 e. The van der Waals surface area contributed by atoms with Crippen molar-refractivity contribution >= 4 is 5.91 Å². The molecule has 5 nitrogen and oxygen atoms in total. The first-order valence-corrected chi connectivity index (χ1v) is 7.81. The Morgan fingerprint density at radius 1 is 1.35 bits per heavy atom. The molecular formula is C17H19FN2O3. The zero-order valence-corrected chi connectivity index (χ0v) is 12.7. The van der Waals surface area contributed by atoms with Gasteiger partial charge in [0, 0.05) is 18.2 Å². The minimum absolute atomic E-state index is 0.195. The minimum Gasteiger partial charge on any atom is -0.393 e. The van der Waals surface area contributed by atoms with Crippen LogP contribution in [0.3, 0.4) is 0 Å². The Balaban J connectivity index is 1.59. The van der Waals surface area contributed by atoms with Gasteiger partial charge in [-0.25, -0.2) is 4.39 Å². The van der Waals surface area contributed by atoms with Crippen molar-refractivity contribution in [1.82, 2.24) is 10.5 Å². The predicted octanol–water partition coefficient (Wildman–Crippen LogP) is 2.76. The molecule has 0 aliphatic heterocycles. The molecule has 1 aromatic heterocycles. The Hall–Kier alpha value is -2.21. The second-order valence-electron chi connectivity index (χ2n) is 5.98. The lowest BCUT2D eigenvalue weighted by Gasteiger charge is -2.25. The Bertz CT molecular complexity index is 669. The van der Waals surface area contributed by atoms with Crippen LogP contribution in [0, 0.1) is 11.7 Å². The molecule has 3 rings (SSSR count). The zero-order valence-electron chi connectivity index (χ0n) is 12.7. The highest BCUT2D eigenvalue weighted by Gasteiger charge is 2.21. The van der Waals surface area contributed by atoms with E-state index in [4.69, 9.17) is 4.52 Å². The topological polar surface area (TPSA) is 75.4 Å². The molecule has 23 heavy (non-hydrogen) atoms. The summed E-state index contributed by atoms with van der Waals surface area (Å²) >= 11 is 0. The molecule has 1 heterocycles. The van der Waals surface area contributed by atoms with Crippen LogP contribution in [0.5, 0.6) is 0 Å². The number of benzene rings is 1. The van der Waals surface area contributed by atoms with Gasteiger partial charge in [0.05, 0.1) is 6.10 Å². The van der Waals surface area contributed by atoms with E-state index in [0.717, 1.165) is 25.7 Å². The van der Waals surface area contributed by atoms with E-state index in [9.17, 15) is 14.3 Å². The summed E-state index contributed by atoms with van der Waals surface area (Å²) in [6.07, 6.45) is 3.30. The van der Waals surface area contributed by atoms with Crippen LogP contribution >= 0.6 is 0 Å². The Labute approximate surface area is 133 Å². The molecule has 1 aliphatic rings. The molecule has 1 amide bonds. The standard InChI is InChI=1S/C17H19FN2O3/c18-13-6-4-12(5-7-13)16-9-15(20-23-16)17(22)19-10-11-2-1-3-14(21)8-11/h4-7,9,11,14,21H,1-3,8,10H2,(H,19,22). The zero-order chi connectivity index (χ0) is 16.2. The number of nitrogens with one attached hydrogen (secondary N) is 1. The highest BCUT2D eigenvalue weighted by molar-refractivity contribution is 5.93. The van der Waals surface area contributed by atoms with Crippen LogP contribution in [0.25, 0.3) is 11.3 Å². The van der Waals surface area contributed by atoms with Gasteiger partial charge in [0.2, 0.25) is 0 Å². The van der Waals surface area contributed by atoms with Crippen molar-refractivity contribution in [3.8, 4) is 11.3 Å². The number of aromatic nitrogens is 1. The number of aliphatic hydroxyl groups is 1. The van der Waals surface area contributed by atoms with Gasteiger partial charge in [-0.1, -0.05) is 11.6 Å². The van der Waals surface area contributed by atoms with Gasteiger partial charge in [-0.2, -0.15) is 0 Å². The number of carbonyl (C=O) groups excluding carboxylic acids is 1. The van der Waals surface area contributed by atoms with Crippen molar-refractivity contribution in [3.05, 3.63) is 41.8 Å². The van der Waals surface area contributed by atoms with Gasteiger partial charge >= 0.3 is 0 Å². The Morgan fingerprint density at radius 3 is 2.87 bits per heavy atom. The molecule has 0 spiro atoms. The molecule has 1 aliphatic carbocycles. The van der Waals surface area contributed by atoms with E-state index < -0.39 is 0 Å². The van der Waals surface area contributed by atoms with Crippen LogP contribution in [-0.2, 0) is 0 Å². The van der Waals surface area contributed by atoms with Crippen molar-refractivity contribution < 1.29 is 18.8 Å².